The summed E-state index contributed by atoms with van der Waals surface area (Å²) in [6.45, 7) is 14.4. The predicted octanol–water partition coefficient (Wildman–Crippen LogP) is 6.44. The van der Waals surface area contributed by atoms with E-state index in [1.54, 1.807) is 0 Å². The highest BCUT2D eigenvalue weighted by Gasteiger charge is 2.25. The zero-order valence-corrected chi connectivity index (χ0v) is 20.6. The molecule has 4 heteroatoms. The molecule has 0 bridgehead atoms. The van der Waals surface area contributed by atoms with Gasteiger partial charge < -0.3 is 9.32 Å². The maximum Gasteiger partial charge on any atom is 0.159 e. The summed E-state index contributed by atoms with van der Waals surface area (Å²) in [6, 6.07) is 22.0. The van der Waals surface area contributed by atoms with Crippen LogP contribution in [0.15, 0.2) is 65.1 Å². The molecule has 0 aliphatic rings. The van der Waals surface area contributed by atoms with Crippen LogP contribution in [0.25, 0.3) is 21.9 Å². The van der Waals surface area contributed by atoms with E-state index in [1.807, 2.05) is 0 Å². The van der Waals surface area contributed by atoms with Gasteiger partial charge in [0.1, 0.15) is 5.58 Å². The molecule has 0 fully saturated rings. The molecule has 2 nitrogen and oxygen atoms in total. The van der Waals surface area contributed by atoms with Gasteiger partial charge in [0, 0.05) is 23.5 Å². The van der Waals surface area contributed by atoms with Crippen LogP contribution >= 0.6 is 0 Å². The van der Waals surface area contributed by atoms with Gasteiger partial charge in [0.15, 0.2) is 5.58 Å². The van der Waals surface area contributed by atoms with Crippen molar-refractivity contribution in [3.8, 4) is 0 Å². The van der Waals surface area contributed by atoms with Crippen molar-refractivity contribution in [3.63, 3.8) is 0 Å². The van der Waals surface area contributed by atoms with E-state index in [1.165, 1.54) is 26.8 Å². The Balaban J connectivity index is 1.97. The van der Waals surface area contributed by atoms with Gasteiger partial charge in [-0.1, -0.05) is 87.8 Å². The number of fused-ring (bicyclic) bond motifs is 3. The Labute approximate surface area is 176 Å². The standard InChI is InChI=1S/C25H31NOSi2/c1-26(20-14-8-9-16-22(20)28(2,3)4)21-15-10-12-18-19-13-11-17-23(29(5,6)7)25(19)27-24(18)21/h8-17H,1-7H3. The van der Waals surface area contributed by atoms with E-state index in [0.29, 0.717) is 0 Å². The molecular weight excluding hydrogens is 386 g/mol. The largest absolute Gasteiger partial charge is 0.454 e. The first-order valence-electron chi connectivity index (χ1n) is 10.4. The van der Waals surface area contributed by atoms with Gasteiger partial charge in [-0.15, -0.1) is 0 Å². The second kappa shape index (κ2) is 6.89. The highest BCUT2D eigenvalue weighted by atomic mass is 28.3. The molecule has 0 aliphatic carbocycles. The summed E-state index contributed by atoms with van der Waals surface area (Å²) < 4.78 is 6.61. The quantitative estimate of drug-likeness (QED) is 0.355. The fourth-order valence-corrected chi connectivity index (χ4v) is 7.27. The lowest BCUT2D eigenvalue weighted by Crippen LogP contribution is -2.40. The van der Waals surface area contributed by atoms with E-state index in [9.17, 15) is 0 Å². The molecule has 1 aromatic heterocycles. The van der Waals surface area contributed by atoms with Crippen LogP contribution in [0, 0.1) is 0 Å². The monoisotopic (exact) mass is 417 g/mol. The van der Waals surface area contributed by atoms with Gasteiger partial charge in [0.2, 0.25) is 0 Å². The van der Waals surface area contributed by atoms with Crippen molar-refractivity contribution in [2.45, 2.75) is 39.3 Å². The highest BCUT2D eigenvalue weighted by molar-refractivity contribution is 6.90. The van der Waals surface area contributed by atoms with E-state index in [4.69, 9.17) is 4.42 Å². The molecule has 0 spiro atoms. The third-order valence-corrected chi connectivity index (χ3v) is 9.79. The normalized spacial score (nSPS) is 12.7. The number of benzene rings is 3. The number of rotatable bonds is 4. The van der Waals surface area contributed by atoms with Crippen LogP contribution in [-0.2, 0) is 0 Å². The molecule has 3 aromatic carbocycles. The minimum Gasteiger partial charge on any atom is -0.454 e. The smallest absolute Gasteiger partial charge is 0.159 e. The summed E-state index contributed by atoms with van der Waals surface area (Å²) in [5, 5.41) is 5.30. The van der Waals surface area contributed by atoms with Crippen molar-refractivity contribution in [1.82, 2.24) is 0 Å². The van der Waals surface area contributed by atoms with Gasteiger partial charge >= 0.3 is 0 Å². The van der Waals surface area contributed by atoms with Crippen molar-refractivity contribution >= 4 is 59.8 Å². The Morgan fingerprint density at radius 3 is 1.76 bits per heavy atom. The van der Waals surface area contributed by atoms with Crippen LogP contribution in [-0.4, -0.2) is 23.2 Å². The van der Waals surface area contributed by atoms with Crippen molar-refractivity contribution in [2.24, 2.45) is 0 Å². The maximum atomic E-state index is 6.61. The average Bonchev–Trinajstić information content (AvgIpc) is 3.04. The number of furan rings is 1. The van der Waals surface area contributed by atoms with Gasteiger partial charge in [0.25, 0.3) is 0 Å². The van der Waals surface area contributed by atoms with Gasteiger partial charge in [-0.25, -0.2) is 0 Å². The minimum absolute atomic E-state index is 0.987. The fraction of sp³-hybridized carbons (Fsp3) is 0.280. The van der Waals surface area contributed by atoms with Crippen molar-refractivity contribution in [1.29, 1.82) is 0 Å². The summed E-state index contributed by atoms with van der Waals surface area (Å²) in [7, 11) is -0.811. The third kappa shape index (κ3) is 3.45. The number of anilines is 2. The number of hydrogen-bond acceptors (Lipinski definition) is 2. The molecule has 0 amide bonds. The van der Waals surface area contributed by atoms with E-state index in [2.05, 4.69) is 112 Å². The lowest BCUT2D eigenvalue weighted by atomic mass is 10.1. The fourth-order valence-electron chi connectivity index (χ4n) is 4.19. The van der Waals surface area contributed by atoms with E-state index >= 15 is 0 Å². The summed E-state index contributed by atoms with van der Waals surface area (Å²) >= 11 is 0. The number of para-hydroxylation sites is 3. The minimum atomic E-state index is -1.50. The Morgan fingerprint density at radius 1 is 0.586 bits per heavy atom. The van der Waals surface area contributed by atoms with E-state index in [0.717, 1.165) is 16.9 Å². The van der Waals surface area contributed by atoms with Crippen molar-refractivity contribution in [3.05, 3.63) is 60.7 Å². The Bertz CT molecular complexity index is 1200. The Morgan fingerprint density at radius 2 is 1.10 bits per heavy atom. The van der Waals surface area contributed by atoms with Gasteiger partial charge in [-0.2, -0.15) is 0 Å². The van der Waals surface area contributed by atoms with Gasteiger partial charge in [-0.3, -0.25) is 0 Å². The first-order valence-corrected chi connectivity index (χ1v) is 17.4. The summed E-state index contributed by atoms with van der Waals surface area (Å²) in [4.78, 5) is 2.31. The first kappa shape index (κ1) is 20.0. The van der Waals surface area contributed by atoms with Gasteiger partial charge in [-0.05, 0) is 22.5 Å². The molecule has 0 N–H and O–H groups in total. The van der Waals surface area contributed by atoms with Crippen LogP contribution in [0.1, 0.15) is 0 Å². The van der Waals surface area contributed by atoms with Crippen molar-refractivity contribution < 1.29 is 4.42 Å². The molecular formula is C25H31NOSi2. The van der Waals surface area contributed by atoms with Crippen LogP contribution < -0.4 is 15.3 Å². The Hall–Kier alpha value is -2.31. The molecule has 150 valence electrons. The third-order valence-electron chi connectivity index (χ3n) is 5.75. The highest BCUT2D eigenvalue weighted by Crippen LogP contribution is 2.37. The first-order chi connectivity index (χ1) is 13.6. The molecule has 0 atom stereocenters. The van der Waals surface area contributed by atoms with Gasteiger partial charge in [0.05, 0.1) is 21.8 Å². The molecule has 1 heterocycles. The molecule has 4 rings (SSSR count). The molecule has 29 heavy (non-hydrogen) atoms. The van der Waals surface area contributed by atoms with Crippen LogP contribution in [0.5, 0.6) is 0 Å². The lowest BCUT2D eigenvalue weighted by Gasteiger charge is -2.28. The SMILES string of the molecule is CN(c1ccccc1[Si](C)(C)C)c1cccc2c1oc1c([Si](C)(C)C)cccc12. The average molecular weight is 418 g/mol. The molecule has 0 unspecified atom stereocenters. The number of hydrogen-bond donors (Lipinski definition) is 0. The second-order valence-electron chi connectivity index (χ2n) is 10.0. The topological polar surface area (TPSA) is 16.4 Å². The molecule has 4 aromatic rings. The summed E-state index contributed by atoms with van der Waals surface area (Å²) in [6.07, 6.45) is 0. The van der Waals surface area contributed by atoms with Crippen molar-refractivity contribution in [2.75, 3.05) is 11.9 Å². The van der Waals surface area contributed by atoms with Crippen LogP contribution in [0.3, 0.4) is 0 Å². The summed E-state index contributed by atoms with van der Waals surface area (Å²) in [5.41, 5.74) is 4.47. The zero-order valence-electron chi connectivity index (χ0n) is 18.6. The maximum absolute atomic E-state index is 6.61. The molecule has 0 aliphatic heterocycles. The zero-order chi connectivity index (χ0) is 21.0. The predicted molar refractivity (Wildman–Crippen MR) is 134 cm³/mol. The lowest BCUT2D eigenvalue weighted by molar-refractivity contribution is 0.671. The molecule has 0 saturated carbocycles. The Kier molecular flexibility index (Phi) is 4.75. The van der Waals surface area contributed by atoms with Crippen LogP contribution in [0.4, 0.5) is 11.4 Å². The van der Waals surface area contributed by atoms with E-state index < -0.39 is 16.1 Å². The molecule has 0 saturated heterocycles. The van der Waals surface area contributed by atoms with Crippen LogP contribution in [0.2, 0.25) is 39.3 Å². The number of nitrogens with zero attached hydrogens (tertiary/aromatic N) is 1. The van der Waals surface area contributed by atoms with E-state index in [-0.39, 0.29) is 0 Å². The molecule has 0 radical (unpaired) electrons. The second-order valence-corrected chi connectivity index (χ2v) is 20.1. The summed E-state index contributed by atoms with van der Waals surface area (Å²) in [5.74, 6) is 0.